The number of carbonyl (C=O) groups excluding carboxylic acids is 3. The zero-order chi connectivity index (χ0) is 22.8. The summed E-state index contributed by atoms with van der Waals surface area (Å²) in [7, 11) is 1.49. The Morgan fingerprint density at radius 3 is 2.75 bits per heavy atom. The summed E-state index contributed by atoms with van der Waals surface area (Å²) < 4.78 is 21.1. The van der Waals surface area contributed by atoms with E-state index in [0.29, 0.717) is 33.6 Å². The van der Waals surface area contributed by atoms with Gasteiger partial charge in [0, 0.05) is 29.7 Å². The Labute approximate surface area is 189 Å². The number of benzene rings is 2. The molecule has 2 aromatic carbocycles. The number of nitrogens with one attached hydrogen (secondary N) is 1. The van der Waals surface area contributed by atoms with Crippen LogP contribution in [-0.4, -0.2) is 44.3 Å². The summed E-state index contributed by atoms with van der Waals surface area (Å²) in [4.78, 5) is 39.1. The van der Waals surface area contributed by atoms with E-state index in [9.17, 15) is 14.4 Å². The lowest BCUT2D eigenvalue weighted by Crippen LogP contribution is -2.33. The minimum Gasteiger partial charge on any atom is -0.495 e. The first kappa shape index (κ1) is 21.8. The summed E-state index contributed by atoms with van der Waals surface area (Å²) in [5.41, 5.74) is 0.964. The second kappa shape index (κ2) is 8.96. The van der Waals surface area contributed by atoms with Crippen LogP contribution in [0.4, 0.5) is 11.4 Å². The molecule has 168 valence electrons. The lowest BCUT2D eigenvalue weighted by Gasteiger charge is -2.20. The second-order valence-electron chi connectivity index (χ2n) is 7.36. The first-order valence-corrected chi connectivity index (χ1v) is 10.3. The molecule has 10 heteroatoms. The van der Waals surface area contributed by atoms with Crippen LogP contribution in [0.25, 0.3) is 0 Å². The molecule has 0 aromatic heterocycles. The molecule has 32 heavy (non-hydrogen) atoms. The maximum absolute atomic E-state index is 12.6. The summed E-state index contributed by atoms with van der Waals surface area (Å²) >= 11 is 6.06. The first-order chi connectivity index (χ1) is 15.4. The molecule has 2 aliphatic rings. The largest absolute Gasteiger partial charge is 0.495 e. The Balaban J connectivity index is 1.37. The maximum atomic E-state index is 12.6. The number of halogens is 1. The summed E-state index contributed by atoms with van der Waals surface area (Å²) in [5, 5.41) is 3.11. The lowest BCUT2D eigenvalue weighted by atomic mass is 10.1. The van der Waals surface area contributed by atoms with Crippen LogP contribution < -0.4 is 24.4 Å². The van der Waals surface area contributed by atoms with Crippen LogP contribution in [0.1, 0.15) is 13.3 Å². The van der Waals surface area contributed by atoms with Crippen molar-refractivity contribution in [1.82, 2.24) is 0 Å². The fourth-order valence-electron chi connectivity index (χ4n) is 3.51. The van der Waals surface area contributed by atoms with Crippen molar-refractivity contribution in [3.8, 4) is 17.2 Å². The number of esters is 1. The predicted octanol–water partition coefficient (Wildman–Crippen LogP) is 3.00. The van der Waals surface area contributed by atoms with Crippen LogP contribution in [0.5, 0.6) is 17.2 Å². The highest BCUT2D eigenvalue weighted by atomic mass is 35.5. The number of carbonyl (C=O) groups is 3. The number of amides is 2. The van der Waals surface area contributed by atoms with Crippen LogP contribution in [0, 0.1) is 5.92 Å². The van der Waals surface area contributed by atoms with Gasteiger partial charge in [-0.1, -0.05) is 11.6 Å². The second-order valence-corrected chi connectivity index (χ2v) is 7.79. The number of methoxy groups -OCH3 is 1. The summed E-state index contributed by atoms with van der Waals surface area (Å²) in [6, 6.07) is 9.87. The Hall–Kier alpha value is -3.46. The van der Waals surface area contributed by atoms with E-state index in [1.54, 1.807) is 36.4 Å². The third kappa shape index (κ3) is 4.43. The normalized spacial score (nSPS) is 17.8. The van der Waals surface area contributed by atoms with Gasteiger partial charge >= 0.3 is 5.97 Å². The Morgan fingerprint density at radius 1 is 1.19 bits per heavy atom. The van der Waals surface area contributed by atoms with E-state index < -0.39 is 23.9 Å². The topological polar surface area (TPSA) is 103 Å². The SMILES string of the molecule is COc1ccc(Cl)cc1N1C[C@@H](C(=O)O[C@H](C)C(=O)Nc2ccc3c(c2)OCO3)CC1=O. The molecule has 0 spiro atoms. The minimum absolute atomic E-state index is 0.0367. The molecule has 2 atom stereocenters. The van der Waals surface area contributed by atoms with E-state index in [0.717, 1.165) is 0 Å². The molecule has 0 saturated carbocycles. The highest BCUT2D eigenvalue weighted by molar-refractivity contribution is 6.31. The van der Waals surface area contributed by atoms with Gasteiger partial charge in [-0.15, -0.1) is 0 Å². The van der Waals surface area contributed by atoms with Crippen LogP contribution in [0.2, 0.25) is 5.02 Å². The molecule has 2 amide bonds. The van der Waals surface area contributed by atoms with E-state index >= 15 is 0 Å². The van der Waals surface area contributed by atoms with Gasteiger partial charge in [-0.05, 0) is 37.3 Å². The van der Waals surface area contributed by atoms with Gasteiger partial charge in [0.15, 0.2) is 17.6 Å². The molecule has 1 saturated heterocycles. The molecule has 0 aliphatic carbocycles. The van der Waals surface area contributed by atoms with E-state index in [1.165, 1.54) is 18.9 Å². The number of nitrogens with zero attached hydrogens (tertiary/aromatic N) is 1. The number of anilines is 2. The van der Waals surface area contributed by atoms with Gasteiger partial charge in [0.05, 0.1) is 18.7 Å². The Morgan fingerprint density at radius 2 is 1.97 bits per heavy atom. The van der Waals surface area contributed by atoms with Crippen molar-refractivity contribution < 1.29 is 33.3 Å². The fourth-order valence-corrected chi connectivity index (χ4v) is 3.68. The van der Waals surface area contributed by atoms with E-state index in [-0.39, 0.29) is 25.7 Å². The highest BCUT2D eigenvalue weighted by Crippen LogP contribution is 2.36. The number of hydrogen-bond acceptors (Lipinski definition) is 7. The molecule has 0 bridgehead atoms. The third-order valence-electron chi connectivity index (χ3n) is 5.19. The van der Waals surface area contributed by atoms with Gasteiger partial charge in [0.1, 0.15) is 5.75 Å². The zero-order valence-corrected chi connectivity index (χ0v) is 18.2. The van der Waals surface area contributed by atoms with Crippen molar-refractivity contribution in [2.24, 2.45) is 5.92 Å². The molecule has 4 rings (SSSR count). The zero-order valence-electron chi connectivity index (χ0n) is 17.4. The molecule has 1 N–H and O–H groups in total. The first-order valence-electron chi connectivity index (χ1n) is 9.90. The van der Waals surface area contributed by atoms with Gasteiger partial charge in [-0.25, -0.2) is 0 Å². The Bertz CT molecular complexity index is 1070. The van der Waals surface area contributed by atoms with Crippen molar-refractivity contribution in [3.05, 3.63) is 41.4 Å². The van der Waals surface area contributed by atoms with Gasteiger partial charge in [-0.2, -0.15) is 0 Å². The smallest absolute Gasteiger partial charge is 0.312 e. The monoisotopic (exact) mass is 460 g/mol. The van der Waals surface area contributed by atoms with Crippen molar-refractivity contribution in [2.45, 2.75) is 19.4 Å². The number of hydrogen-bond donors (Lipinski definition) is 1. The number of rotatable bonds is 6. The molecule has 9 nitrogen and oxygen atoms in total. The van der Waals surface area contributed by atoms with Crippen molar-refractivity contribution in [3.63, 3.8) is 0 Å². The predicted molar refractivity (Wildman–Crippen MR) is 115 cm³/mol. The fraction of sp³-hybridized carbons (Fsp3) is 0.318. The van der Waals surface area contributed by atoms with E-state index in [2.05, 4.69) is 5.32 Å². The van der Waals surface area contributed by atoms with E-state index in [4.69, 9.17) is 30.5 Å². The van der Waals surface area contributed by atoms with Gasteiger partial charge < -0.3 is 29.2 Å². The number of ether oxygens (including phenoxy) is 4. The van der Waals surface area contributed by atoms with Crippen molar-refractivity contribution >= 4 is 40.8 Å². The van der Waals surface area contributed by atoms with Crippen molar-refractivity contribution in [2.75, 3.05) is 30.7 Å². The summed E-state index contributed by atoms with van der Waals surface area (Å²) in [6.07, 6.45) is -1.09. The van der Waals surface area contributed by atoms with Crippen LogP contribution in [0.15, 0.2) is 36.4 Å². The van der Waals surface area contributed by atoms with E-state index in [1.807, 2.05) is 0 Å². The van der Waals surface area contributed by atoms with Crippen LogP contribution in [-0.2, 0) is 19.1 Å². The Kier molecular flexibility index (Phi) is 6.09. The molecule has 2 aliphatic heterocycles. The molecule has 2 heterocycles. The van der Waals surface area contributed by atoms with Gasteiger partial charge in [0.2, 0.25) is 12.7 Å². The number of fused-ring (bicyclic) bond motifs is 1. The van der Waals surface area contributed by atoms with Crippen molar-refractivity contribution in [1.29, 1.82) is 0 Å². The average Bonchev–Trinajstić information content (AvgIpc) is 3.39. The minimum atomic E-state index is -1.06. The molecule has 1 fully saturated rings. The van der Waals surface area contributed by atoms with Gasteiger partial charge in [-0.3, -0.25) is 14.4 Å². The summed E-state index contributed by atoms with van der Waals surface area (Å²) in [5.74, 6) is -0.530. The summed E-state index contributed by atoms with van der Waals surface area (Å²) in [6.45, 7) is 1.69. The molecular weight excluding hydrogens is 440 g/mol. The molecule has 2 aromatic rings. The molecule has 0 unspecified atom stereocenters. The molecule has 0 radical (unpaired) electrons. The quantitative estimate of drug-likeness (QED) is 0.661. The standard InChI is InChI=1S/C22H21ClN2O7/c1-12(21(27)24-15-4-6-18-19(9-15)31-11-30-18)32-22(28)13-7-20(26)25(10-13)16-8-14(23)3-5-17(16)29-2/h3-6,8-9,12-13H,7,10-11H2,1-2H3,(H,24,27)/t12-,13+/m1/s1. The van der Waals surface area contributed by atoms with Crippen LogP contribution in [0.3, 0.4) is 0 Å². The lowest BCUT2D eigenvalue weighted by molar-refractivity contribution is -0.157. The third-order valence-corrected chi connectivity index (χ3v) is 5.43. The molecular formula is C22H21ClN2O7. The van der Waals surface area contributed by atoms with Crippen LogP contribution >= 0.6 is 11.6 Å². The van der Waals surface area contributed by atoms with Gasteiger partial charge in [0.25, 0.3) is 5.91 Å². The maximum Gasteiger partial charge on any atom is 0.312 e. The average molecular weight is 461 g/mol. The highest BCUT2D eigenvalue weighted by Gasteiger charge is 2.38.